The summed E-state index contributed by atoms with van der Waals surface area (Å²) in [5.41, 5.74) is -0.333. The van der Waals surface area contributed by atoms with Gasteiger partial charge in [-0.2, -0.15) is 0 Å². The number of hydrogen-bond donors (Lipinski definition) is 3. The van der Waals surface area contributed by atoms with Crippen molar-refractivity contribution in [2.75, 3.05) is 6.61 Å². The number of rotatable bonds is 8. The lowest BCUT2D eigenvalue weighted by atomic mass is 10.0. The standard InChI is InChI=1S/C16H22F2N2O3/c1-10(5-4-8-21)19-15(23)9-14(20-11(2)22)16-12(17)6-3-7-13(16)18/h3,6-7,10,14,21H,4-5,8-9H2,1-2H3,(H,19,23)(H,20,22). The van der Waals surface area contributed by atoms with E-state index in [-0.39, 0.29) is 24.6 Å². The van der Waals surface area contributed by atoms with Gasteiger partial charge in [-0.25, -0.2) is 8.78 Å². The Balaban J connectivity index is 2.83. The van der Waals surface area contributed by atoms with Crippen LogP contribution in [0.4, 0.5) is 8.78 Å². The van der Waals surface area contributed by atoms with Crippen LogP contribution in [0.25, 0.3) is 0 Å². The van der Waals surface area contributed by atoms with Gasteiger partial charge in [0.2, 0.25) is 11.8 Å². The minimum Gasteiger partial charge on any atom is -0.396 e. The predicted octanol–water partition coefficient (Wildman–Crippen LogP) is 1.81. The maximum Gasteiger partial charge on any atom is 0.222 e. The number of halogens is 2. The van der Waals surface area contributed by atoms with Crippen molar-refractivity contribution in [3.05, 3.63) is 35.4 Å². The quantitative estimate of drug-likeness (QED) is 0.681. The zero-order chi connectivity index (χ0) is 17.4. The average molecular weight is 328 g/mol. The molecule has 0 heterocycles. The van der Waals surface area contributed by atoms with Crippen molar-refractivity contribution in [1.82, 2.24) is 10.6 Å². The van der Waals surface area contributed by atoms with Crippen molar-refractivity contribution < 1.29 is 23.5 Å². The zero-order valence-electron chi connectivity index (χ0n) is 13.2. The summed E-state index contributed by atoms with van der Waals surface area (Å²) < 4.78 is 27.8. The van der Waals surface area contributed by atoms with E-state index in [9.17, 15) is 18.4 Å². The molecule has 0 spiro atoms. The Kier molecular flexibility index (Phi) is 7.61. The maximum atomic E-state index is 13.9. The molecule has 0 aliphatic carbocycles. The Morgan fingerprint density at radius 3 is 2.35 bits per heavy atom. The summed E-state index contributed by atoms with van der Waals surface area (Å²) in [5.74, 6) is -2.55. The van der Waals surface area contributed by atoms with Gasteiger partial charge in [0.25, 0.3) is 0 Å². The summed E-state index contributed by atoms with van der Waals surface area (Å²) in [7, 11) is 0. The van der Waals surface area contributed by atoms with Crippen LogP contribution >= 0.6 is 0 Å². The average Bonchev–Trinajstić information content (AvgIpc) is 2.44. The summed E-state index contributed by atoms with van der Waals surface area (Å²) in [4.78, 5) is 23.3. The van der Waals surface area contributed by atoms with Crippen molar-refractivity contribution in [2.24, 2.45) is 0 Å². The van der Waals surface area contributed by atoms with Crippen LogP contribution < -0.4 is 10.6 Å². The molecule has 23 heavy (non-hydrogen) atoms. The Labute approximate surface area is 134 Å². The lowest BCUT2D eigenvalue weighted by Crippen LogP contribution is -2.37. The second kappa shape index (κ2) is 9.19. The molecule has 0 fully saturated rings. The summed E-state index contributed by atoms with van der Waals surface area (Å²) in [6.45, 7) is 3.01. The number of carbonyl (C=O) groups is 2. The molecule has 2 atom stereocenters. The molecule has 7 heteroatoms. The van der Waals surface area contributed by atoms with E-state index in [0.717, 1.165) is 12.1 Å². The minimum atomic E-state index is -1.08. The molecule has 0 saturated carbocycles. The van der Waals surface area contributed by atoms with Crippen LogP contribution in [0.1, 0.15) is 44.7 Å². The van der Waals surface area contributed by atoms with Crippen LogP contribution in [0.5, 0.6) is 0 Å². The molecule has 0 saturated heterocycles. The van der Waals surface area contributed by atoms with Crippen LogP contribution in [0.2, 0.25) is 0 Å². The van der Waals surface area contributed by atoms with Crippen LogP contribution in [0.15, 0.2) is 18.2 Å². The minimum absolute atomic E-state index is 0.0230. The first-order valence-electron chi connectivity index (χ1n) is 7.46. The van der Waals surface area contributed by atoms with E-state index in [1.807, 2.05) is 0 Å². The van der Waals surface area contributed by atoms with Gasteiger partial charge in [-0.05, 0) is 31.9 Å². The molecule has 0 aromatic heterocycles. The van der Waals surface area contributed by atoms with Gasteiger partial charge in [0, 0.05) is 25.1 Å². The number of aliphatic hydroxyl groups excluding tert-OH is 1. The van der Waals surface area contributed by atoms with Gasteiger partial charge in [0.05, 0.1) is 12.5 Å². The highest BCUT2D eigenvalue weighted by atomic mass is 19.1. The summed E-state index contributed by atoms with van der Waals surface area (Å²) in [5, 5.41) is 13.8. The van der Waals surface area contributed by atoms with Crippen molar-refractivity contribution in [1.29, 1.82) is 0 Å². The van der Waals surface area contributed by atoms with E-state index < -0.39 is 29.5 Å². The van der Waals surface area contributed by atoms with E-state index in [2.05, 4.69) is 10.6 Å². The largest absolute Gasteiger partial charge is 0.396 e. The summed E-state index contributed by atoms with van der Waals surface area (Å²) in [6, 6.07) is 2.11. The number of carbonyl (C=O) groups excluding carboxylic acids is 2. The number of aliphatic hydroxyl groups is 1. The van der Waals surface area contributed by atoms with Gasteiger partial charge in [-0.15, -0.1) is 0 Å². The molecule has 0 aliphatic heterocycles. The predicted molar refractivity (Wildman–Crippen MR) is 81.5 cm³/mol. The fraction of sp³-hybridized carbons (Fsp3) is 0.500. The highest BCUT2D eigenvalue weighted by Crippen LogP contribution is 2.23. The molecule has 1 rings (SSSR count). The molecule has 128 valence electrons. The lowest BCUT2D eigenvalue weighted by molar-refractivity contribution is -0.123. The molecule has 3 N–H and O–H groups in total. The first-order chi connectivity index (χ1) is 10.8. The molecule has 1 aromatic rings. The molecule has 2 unspecified atom stereocenters. The van der Waals surface area contributed by atoms with Gasteiger partial charge < -0.3 is 15.7 Å². The second-order valence-corrected chi connectivity index (χ2v) is 5.43. The Morgan fingerprint density at radius 2 is 1.83 bits per heavy atom. The Hall–Kier alpha value is -2.02. The van der Waals surface area contributed by atoms with Crippen LogP contribution in [0.3, 0.4) is 0 Å². The third-order valence-electron chi connectivity index (χ3n) is 3.32. The van der Waals surface area contributed by atoms with E-state index >= 15 is 0 Å². The second-order valence-electron chi connectivity index (χ2n) is 5.43. The van der Waals surface area contributed by atoms with Crippen molar-refractivity contribution in [3.8, 4) is 0 Å². The fourth-order valence-electron chi connectivity index (χ4n) is 2.30. The molecule has 0 radical (unpaired) electrons. The summed E-state index contributed by atoms with van der Waals surface area (Å²) >= 11 is 0. The number of nitrogens with one attached hydrogen (secondary N) is 2. The topological polar surface area (TPSA) is 78.4 Å². The third kappa shape index (κ3) is 6.32. The number of hydrogen-bond acceptors (Lipinski definition) is 3. The lowest BCUT2D eigenvalue weighted by Gasteiger charge is -2.21. The zero-order valence-corrected chi connectivity index (χ0v) is 13.2. The van der Waals surface area contributed by atoms with Gasteiger partial charge >= 0.3 is 0 Å². The van der Waals surface area contributed by atoms with Crippen molar-refractivity contribution >= 4 is 11.8 Å². The number of benzene rings is 1. The highest BCUT2D eigenvalue weighted by molar-refractivity contribution is 5.79. The van der Waals surface area contributed by atoms with Crippen LogP contribution in [0, 0.1) is 11.6 Å². The molecule has 0 aliphatic rings. The maximum absolute atomic E-state index is 13.9. The monoisotopic (exact) mass is 328 g/mol. The molecule has 5 nitrogen and oxygen atoms in total. The van der Waals surface area contributed by atoms with E-state index in [4.69, 9.17) is 5.11 Å². The third-order valence-corrected chi connectivity index (χ3v) is 3.32. The normalized spacial score (nSPS) is 13.3. The highest BCUT2D eigenvalue weighted by Gasteiger charge is 2.24. The SMILES string of the molecule is CC(=O)NC(CC(=O)NC(C)CCCO)c1c(F)cccc1F. The number of amides is 2. The smallest absolute Gasteiger partial charge is 0.222 e. The van der Waals surface area contributed by atoms with Gasteiger partial charge in [-0.3, -0.25) is 9.59 Å². The Bertz CT molecular complexity index is 532. The van der Waals surface area contributed by atoms with Gasteiger partial charge in [0.15, 0.2) is 0 Å². The fourth-order valence-corrected chi connectivity index (χ4v) is 2.30. The first-order valence-corrected chi connectivity index (χ1v) is 7.46. The Morgan fingerprint density at radius 1 is 1.22 bits per heavy atom. The first kappa shape index (κ1) is 19.0. The molecular formula is C16H22F2N2O3. The molecule has 2 amide bonds. The molecular weight excluding hydrogens is 306 g/mol. The van der Waals surface area contributed by atoms with Gasteiger partial charge in [-0.1, -0.05) is 6.07 Å². The molecule has 0 bridgehead atoms. The van der Waals surface area contributed by atoms with Gasteiger partial charge in [0.1, 0.15) is 11.6 Å². The summed E-state index contributed by atoms with van der Waals surface area (Å²) in [6.07, 6.45) is 0.848. The van der Waals surface area contributed by atoms with Crippen molar-refractivity contribution in [3.63, 3.8) is 0 Å². The molecule has 1 aromatic carbocycles. The van der Waals surface area contributed by atoms with Crippen LogP contribution in [-0.2, 0) is 9.59 Å². The van der Waals surface area contributed by atoms with E-state index in [1.165, 1.54) is 13.0 Å². The van der Waals surface area contributed by atoms with E-state index in [1.54, 1.807) is 6.92 Å². The van der Waals surface area contributed by atoms with E-state index in [0.29, 0.717) is 12.8 Å². The van der Waals surface area contributed by atoms with Crippen molar-refractivity contribution in [2.45, 2.75) is 45.2 Å². The van der Waals surface area contributed by atoms with Crippen LogP contribution in [-0.4, -0.2) is 29.6 Å².